The van der Waals surface area contributed by atoms with Gasteiger partial charge in [-0.3, -0.25) is 9.59 Å². The number of benzene rings is 2. The lowest BCUT2D eigenvalue weighted by Crippen LogP contribution is -2.46. The monoisotopic (exact) mass is 360 g/mol. The third-order valence-electron chi connectivity index (χ3n) is 3.63. The Morgan fingerprint density at radius 3 is 2.20 bits per heavy atom. The minimum Gasteiger partial charge on any atom is -0.478 e. The van der Waals surface area contributed by atoms with E-state index in [1.54, 1.807) is 69.4 Å². The Balaban J connectivity index is 1.94. The van der Waals surface area contributed by atoms with Crippen molar-refractivity contribution >= 4 is 23.4 Å². The number of hydrogen-bond acceptors (Lipinski definition) is 3. The van der Waals surface area contributed by atoms with Crippen molar-refractivity contribution < 1.29 is 14.3 Å². The van der Waals surface area contributed by atoms with Crippen LogP contribution in [-0.2, 0) is 11.3 Å². The van der Waals surface area contributed by atoms with Crippen LogP contribution in [0.5, 0.6) is 5.75 Å². The van der Waals surface area contributed by atoms with E-state index in [0.29, 0.717) is 22.9 Å². The number of ether oxygens (including phenoxy) is 1. The quantitative estimate of drug-likeness (QED) is 0.831. The van der Waals surface area contributed by atoms with Crippen LogP contribution in [0, 0.1) is 0 Å². The SMILES string of the molecule is CNC(=O)c1ccc(CNC(=O)C(C)(C)Oc2ccc(Cl)cc2)cc1. The maximum Gasteiger partial charge on any atom is 0.263 e. The van der Waals surface area contributed by atoms with Crippen molar-refractivity contribution in [3.05, 3.63) is 64.7 Å². The lowest BCUT2D eigenvalue weighted by molar-refractivity contribution is -0.134. The summed E-state index contributed by atoms with van der Waals surface area (Å²) in [5, 5.41) is 6.01. The predicted octanol–water partition coefficient (Wildman–Crippen LogP) is 3.17. The standard InChI is InChI=1S/C19H21ClN2O3/c1-19(2,25-16-10-8-15(20)9-11-16)18(24)22-12-13-4-6-14(7-5-13)17(23)21-3/h4-11H,12H2,1-3H3,(H,21,23)(H,22,24). The number of hydrogen-bond donors (Lipinski definition) is 2. The number of nitrogens with one attached hydrogen (secondary N) is 2. The largest absolute Gasteiger partial charge is 0.478 e. The van der Waals surface area contributed by atoms with E-state index in [2.05, 4.69) is 10.6 Å². The van der Waals surface area contributed by atoms with Crippen LogP contribution in [-0.4, -0.2) is 24.5 Å². The second kappa shape index (κ2) is 8.03. The van der Waals surface area contributed by atoms with Crippen molar-refractivity contribution in [3.63, 3.8) is 0 Å². The molecule has 0 aliphatic carbocycles. The molecule has 0 atom stereocenters. The molecule has 0 aliphatic heterocycles. The van der Waals surface area contributed by atoms with E-state index in [0.717, 1.165) is 5.56 Å². The summed E-state index contributed by atoms with van der Waals surface area (Å²) in [6, 6.07) is 13.9. The van der Waals surface area contributed by atoms with Gasteiger partial charge < -0.3 is 15.4 Å². The summed E-state index contributed by atoms with van der Waals surface area (Å²) in [4.78, 5) is 23.9. The molecule has 132 valence electrons. The van der Waals surface area contributed by atoms with Crippen LogP contribution in [0.2, 0.25) is 5.02 Å². The number of rotatable bonds is 6. The average Bonchev–Trinajstić information content (AvgIpc) is 2.61. The van der Waals surface area contributed by atoms with Crippen LogP contribution in [0.3, 0.4) is 0 Å². The van der Waals surface area contributed by atoms with Gasteiger partial charge in [0.15, 0.2) is 5.60 Å². The Morgan fingerprint density at radius 1 is 1.04 bits per heavy atom. The smallest absolute Gasteiger partial charge is 0.263 e. The highest BCUT2D eigenvalue weighted by molar-refractivity contribution is 6.30. The fourth-order valence-electron chi connectivity index (χ4n) is 2.16. The zero-order chi connectivity index (χ0) is 18.4. The Morgan fingerprint density at radius 2 is 1.64 bits per heavy atom. The molecule has 0 aliphatic rings. The van der Waals surface area contributed by atoms with E-state index in [1.165, 1.54) is 0 Å². The first-order chi connectivity index (χ1) is 11.8. The number of amides is 2. The molecule has 0 fully saturated rings. The summed E-state index contributed by atoms with van der Waals surface area (Å²) in [7, 11) is 1.58. The second-order valence-corrected chi connectivity index (χ2v) is 6.46. The van der Waals surface area contributed by atoms with E-state index in [1.807, 2.05) is 0 Å². The summed E-state index contributed by atoms with van der Waals surface area (Å²) in [5.74, 6) is 0.186. The molecule has 0 saturated heterocycles. The molecule has 0 spiro atoms. The van der Waals surface area contributed by atoms with Gasteiger partial charge >= 0.3 is 0 Å². The fraction of sp³-hybridized carbons (Fsp3) is 0.263. The van der Waals surface area contributed by atoms with Crippen molar-refractivity contribution in [2.24, 2.45) is 0 Å². The molecule has 2 N–H and O–H groups in total. The lowest BCUT2D eigenvalue weighted by Gasteiger charge is -2.25. The highest BCUT2D eigenvalue weighted by atomic mass is 35.5. The maximum atomic E-state index is 12.4. The Kier molecular flexibility index (Phi) is 6.04. The molecule has 0 unspecified atom stereocenters. The van der Waals surface area contributed by atoms with Crippen molar-refractivity contribution in [1.29, 1.82) is 0 Å². The maximum absolute atomic E-state index is 12.4. The number of carbonyl (C=O) groups is 2. The predicted molar refractivity (Wildman–Crippen MR) is 97.8 cm³/mol. The van der Waals surface area contributed by atoms with Crippen molar-refractivity contribution in [3.8, 4) is 5.75 Å². The van der Waals surface area contributed by atoms with Crippen LogP contribution in [0.15, 0.2) is 48.5 Å². The third-order valence-corrected chi connectivity index (χ3v) is 3.88. The lowest BCUT2D eigenvalue weighted by atomic mass is 10.1. The summed E-state index contributed by atoms with van der Waals surface area (Å²) < 4.78 is 5.75. The molecule has 0 aromatic heterocycles. The zero-order valence-corrected chi connectivity index (χ0v) is 15.2. The van der Waals surface area contributed by atoms with E-state index < -0.39 is 5.60 Å². The van der Waals surface area contributed by atoms with Crippen LogP contribution >= 0.6 is 11.6 Å². The molecule has 0 bridgehead atoms. The summed E-state index contributed by atoms with van der Waals surface area (Å²) >= 11 is 5.84. The molecule has 0 radical (unpaired) electrons. The first-order valence-corrected chi connectivity index (χ1v) is 8.23. The topological polar surface area (TPSA) is 67.4 Å². The van der Waals surface area contributed by atoms with Crippen LogP contribution in [0.25, 0.3) is 0 Å². The highest BCUT2D eigenvalue weighted by Crippen LogP contribution is 2.21. The van der Waals surface area contributed by atoms with E-state index >= 15 is 0 Å². The van der Waals surface area contributed by atoms with Gasteiger partial charge in [0.1, 0.15) is 5.75 Å². The summed E-state index contributed by atoms with van der Waals surface area (Å²) in [5.41, 5.74) is 0.433. The molecule has 6 heteroatoms. The summed E-state index contributed by atoms with van der Waals surface area (Å²) in [6.45, 7) is 3.75. The normalized spacial score (nSPS) is 10.9. The molecule has 2 aromatic carbocycles. The molecule has 0 saturated carbocycles. The van der Waals surface area contributed by atoms with Crippen molar-refractivity contribution in [1.82, 2.24) is 10.6 Å². The van der Waals surface area contributed by atoms with Gasteiger partial charge in [-0.05, 0) is 55.8 Å². The Hall–Kier alpha value is -2.53. The van der Waals surface area contributed by atoms with Gasteiger partial charge in [-0.15, -0.1) is 0 Å². The minimum atomic E-state index is -1.03. The van der Waals surface area contributed by atoms with E-state index in [-0.39, 0.29) is 11.8 Å². The van der Waals surface area contributed by atoms with Gasteiger partial charge in [-0.2, -0.15) is 0 Å². The average molecular weight is 361 g/mol. The second-order valence-electron chi connectivity index (χ2n) is 6.03. The van der Waals surface area contributed by atoms with E-state index in [4.69, 9.17) is 16.3 Å². The molecule has 25 heavy (non-hydrogen) atoms. The number of halogens is 1. The van der Waals surface area contributed by atoms with Gasteiger partial charge in [0, 0.05) is 24.2 Å². The van der Waals surface area contributed by atoms with Crippen molar-refractivity contribution in [2.45, 2.75) is 26.0 Å². The van der Waals surface area contributed by atoms with Crippen molar-refractivity contribution in [2.75, 3.05) is 7.05 Å². The highest BCUT2D eigenvalue weighted by Gasteiger charge is 2.29. The van der Waals surface area contributed by atoms with E-state index in [9.17, 15) is 9.59 Å². The first kappa shape index (κ1) is 18.8. The molecule has 2 aromatic rings. The first-order valence-electron chi connectivity index (χ1n) is 7.86. The van der Waals surface area contributed by atoms with Gasteiger partial charge in [-0.25, -0.2) is 0 Å². The minimum absolute atomic E-state index is 0.145. The third kappa shape index (κ3) is 5.22. The molecule has 2 rings (SSSR count). The molecule has 5 nitrogen and oxygen atoms in total. The summed E-state index contributed by atoms with van der Waals surface area (Å²) in [6.07, 6.45) is 0. The van der Waals surface area contributed by atoms with Crippen LogP contribution in [0.1, 0.15) is 29.8 Å². The molecule has 0 heterocycles. The van der Waals surface area contributed by atoms with Gasteiger partial charge in [0.2, 0.25) is 0 Å². The Bertz CT molecular complexity index is 740. The molecule has 2 amide bonds. The zero-order valence-electron chi connectivity index (χ0n) is 14.4. The van der Waals surface area contributed by atoms with Crippen LogP contribution < -0.4 is 15.4 Å². The van der Waals surface area contributed by atoms with Gasteiger partial charge in [-0.1, -0.05) is 23.7 Å². The van der Waals surface area contributed by atoms with Gasteiger partial charge in [0.25, 0.3) is 11.8 Å². The van der Waals surface area contributed by atoms with Crippen LogP contribution in [0.4, 0.5) is 0 Å². The fourth-order valence-corrected chi connectivity index (χ4v) is 2.28. The Labute approximate surface area is 152 Å². The van der Waals surface area contributed by atoms with Gasteiger partial charge in [0.05, 0.1) is 0 Å². The molecular formula is C19H21ClN2O3. The number of carbonyl (C=O) groups excluding carboxylic acids is 2. The molecular weight excluding hydrogens is 340 g/mol.